The number of aromatic hydroxyl groups is 1. The fourth-order valence-electron chi connectivity index (χ4n) is 1.54. The zero-order valence-electron chi connectivity index (χ0n) is 9.79. The van der Waals surface area contributed by atoms with Crippen molar-refractivity contribution in [2.45, 2.75) is 26.3 Å². The lowest BCUT2D eigenvalue weighted by molar-refractivity contribution is -0.385. The van der Waals surface area contributed by atoms with Crippen LogP contribution in [0.4, 0.5) is 5.69 Å². The number of nitrogens with zero attached hydrogens (tertiary/aromatic N) is 1. The first-order valence-corrected chi connectivity index (χ1v) is 5.20. The molecule has 96 valence electrons. The summed E-state index contributed by atoms with van der Waals surface area (Å²) >= 11 is 0. The lowest BCUT2D eigenvalue weighted by Gasteiger charge is -2.18. The third kappa shape index (κ3) is 3.57. The monoisotopic (exact) mass is 260 g/mol. The van der Waals surface area contributed by atoms with Gasteiger partial charge in [0.15, 0.2) is 0 Å². The van der Waals surface area contributed by atoms with E-state index in [2.05, 4.69) is 0 Å². The van der Waals surface area contributed by atoms with Gasteiger partial charge in [0.25, 0.3) is 5.69 Å². The first-order chi connectivity index (χ1) is 7.47. The lowest BCUT2D eigenvalue weighted by Crippen LogP contribution is -2.19. The average molecular weight is 261 g/mol. The topological polar surface area (TPSA) is 89.4 Å². The maximum atomic E-state index is 10.8. The van der Waals surface area contributed by atoms with Gasteiger partial charge in [-0.1, -0.05) is 20.3 Å². The summed E-state index contributed by atoms with van der Waals surface area (Å²) in [6.45, 7) is 3.90. The van der Waals surface area contributed by atoms with Crippen LogP contribution in [0.15, 0.2) is 18.2 Å². The molecule has 0 heterocycles. The number of phenols is 1. The molecule has 1 aromatic rings. The molecule has 0 saturated heterocycles. The van der Waals surface area contributed by atoms with Crippen LogP contribution in [0.2, 0.25) is 0 Å². The van der Waals surface area contributed by atoms with Crippen molar-refractivity contribution in [2.24, 2.45) is 11.7 Å². The largest absolute Gasteiger partial charge is 0.508 e. The van der Waals surface area contributed by atoms with E-state index in [4.69, 9.17) is 5.73 Å². The Bertz CT molecular complexity index is 398. The van der Waals surface area contributed by atoms with Gasteiger partial charge >= 0.3 is 0 Å². The summed E-state index contributed by atoms with van der Waals surface area (Å²) in [5, 5.41) is 20.2. The minimum absolute atomic E-state index is 0. The molecule has 0 saturated carbocycles. The molecule has 1 rings (SSSR count). The van der Waals surface area contributed by atoms with Crippen molar-refractivity contribution in [3.05, 3.63) is 33.9 Å². The van der Waals surface area contributed by atoms with E-state index in [1.807, 2.05) is 13.8 Å². The van der Waals surface area contributed by atoms with Crippen molar-refractivity contribution in [1.29, 1.82) is 0 Å². The molecule has 0 bridgehead atoms. The van der Waals surface area contributed by atoms with Crippen LogP contribution >= 0.6 is 12.4 Å². The summed E-state index contributed by atoms with van der Waals surface area (Å²) in [6, 6.07) is 3.52. The highest BCUT2D eigenvalue weighted by molar-refractivity contribution is 5.85. The van der Waals surface area contributed by atoms with Gasteiger partial charge in [-0.05, 0) is 18.1 Å². The fraction of sp³-hybridized carbons (Fsp3) is 0.455. The number of rotatable bonds is 4. The van der Waals surface area contributed by atoms with Gasteiger partial charge in [-0.3, -0.25) is 10.1 Å². The highest BCUT2D eigenvalue weighted by Gasteiger charge is 2.23. The van der Waals surface area contributed by atoms with Crippen LogP contribution in [0.5, 0.6) is 5.75 Å². The molecular weight excluding hydrogens is 244 g/mol. The number of nitro benzene ring substituents is 1. The number of phenolic OH excluding ortho intramolecular Hbond substituents is 1. The van der Waals surface area contributed by atoms with Gasteiger partial charge in [-0.25, -0.2) is 0 Å². The Labute approximate surface area is 106 Å². The van der Waals surface area contributed by atoms with Crippen LogP contribution in [0, 0.1) is 16.0 Å². The van der Waals surface area contributed by atoms with E-state index >= 15 is 0 Å². The van der Waals surface area contributed by atoms with Crippen molar-refractivity contribution in [2.75, 3.05) is 0 Å². The van der Waals surface area contributed by atoms with Crippen molar-refractivity contribution in [1.82, 2.24) is 0 Å². The van der Waals surface area contributed by atoms with E-state index in [0.717, 1.165) is 6.42 Å². The standard InChI is InChI=1S/C11H16N2O3.ClH/c1-3-7(2)11(12)9-6-8(14)4-5-10(9)13(15)16;/h4-7,11,14H,3,12H2,1-2H3;1H/t7?,11-;/m1./s1. The molecule has 1 aromatic carbocycles. The second-order valence-corrected chi connectivity index (χ2v) is 3.91. The molecule has 6 heteroatoms. The average Bonchev–Trinajstić information content (AvgIpc) is 2.26. The van der Waals surface area contributed by atoms with Gasteiger partial charge < -0.3 is 10.8 Å². The zero-order valence-corrected chi connectivity index (χ0v) is 10.6. The van der Waals surface area contributed by atoms with E-state index in [1.165, 1.54) is 18.2 Å². The van der Waals surface area contributed by atoms with Crippen LogP contribution < -0.4 is 5.73 Å². The van der Waals surface area contributed by atoms with Crippen molar-refractivity contribution in [3.8, 4) is 5.75 Å². The molecule has 0 aliphatic rings. The number of hydrogen-bond acceptors (Lipinski definition) is 4. The minimum atomic E-state index is -0.475. The molecule has 0 amide bonds. The van der Waals surface area contributed by atoms with E-state index in [0.29, 0.717) is 5.56 Å². The number of nitro groups is 1. The molecule has 17 heavy (non-hydrogen) atoms. The molecule has 5 nitrogen and oxygen atoms in total. The zero-order chi connectivity index (χ0) is 12.3. The molecule has 0 aromatic heterocycles. The normalized spacial score (nSPS) is 13.6. The Morgan fingerprint density at radius 1 is 1.53 bits per heavy atom. The Kier molecular flexibility index (Phi) is 5.91. The molecule has 2 atom stereocenters. The van der Waals surface area contributed by atoms with Crippen LogP contribution in [0.3, 0.4) is 0 Å². The SMILES string of the molecule is CCC(C)[C@@H](N)c1cc(O)ccc1[N+](=O)[O-].Cl. The van der Waals surface area contributed by atoms with Gasteiger partial charge in [0.05, 0.1) is 10.5 Å². The molecule has 0 aliphatic carbocycles. The summed E-state index contributed by atoms with van der Waals surface area (Å²) in [4.78, 5) is 10.3. The van der Waals surface area contributed by atoms with Gasteiger partial charge in [0.1, 0.15) is 5.75 Å². The maximum absolute atomic E-state index is 10.8. The Morgan fingerprint density at radius 2 is 2.12 bits per heavy atom. The Morgan fingerprint density at radius 3 is 2.59 bits per heavy atom. The first kappa shape index (κ1) is 15.7. The number of halogens is 1. The van der Waals surface area contributed by atoms with Gasteiger partial charge in [0, 0.05) is 12.1 Å². The highest BCUT2D eigenvalue weighted by Crippen LogP contribution is 2.32. The first-order valence-electron chi connectivity index (χ1n) is 5.20. The van der Waals surface area contributed by atoms with Crippen molar-refractivity contribution < 1.29 is 10.0 Å². The molecule has 0 radical (unpaired) electrons. The van der Waals surface area contributed by atoms with Crippen LogP contribution in [-0.2, 0) is 0 Å². The Hall–Kier alpha value is -1.33. The lowest BCUT2D eigenvalue weighted by atomic mass is 9.92. The minimum Gasteiger partial charge on any atom is -0.508 e. The summed E-state index contributed by atoms with van der Waals surface area (Å²) < 4.78 is 0. The second kappa shape index (κ2) is 6.42. The van der Waals surface area contributed by atoms with E-state index in [9.17, 15) is 15.2 Å². The van der Waals surface area contributed by atoms with E-state index in [1.54, 1.807) is 0 Å². The van der Waals surface area contributed by atoms with Crippen molar-refractivity contribution >= 4 is 18.1 Å². The third-order valence-electron chi connectivity index (χ3n) is 2.82. The molecule has 1 unspecified atom stereocenters. The summed E-state index contributed by atoms with van der Waals surface area (Å²) in [6.07, 6.45) is 0.827. The third-order valence-corrected chi connectivity index (χ3v) is 2.82. The summed E-state index contributed by atoms with van der Waals surface area (Å²) in [7, 11) is 0. The Balaban J connectivity index is 0.00000256. The second-order valence-electron chi connectivity index (χ2n) is 3.91. The molecule has 3 N–H and O–H groups in total. The number of benzene rings is 1. The predicted molar refractivity (Wildman–Crippen MR) is 68.4 cm³/mol. The van der Waals surface area contributed by atoms with Crippen molar-refractivity contribution in [3.63, 3.8) is 0 Å². The quantitative estimate of drug-likeness (QED) is 0.643. The maximum Gasteiger partial charge on any atom is 0.274 e. The molecule has 0 fully saturated rings. The smallest absolute Gasteiger partial charge is 0.274 e. The number of nitrogens with two attached hydrogens (primary N) is 1. The predicted octanol–water partition coefficient (Wildman–Crippen LogP) is 2.77. The summed E-state index contributed by atoms with van der Waals surface area (Å²) in [5.74, 6) is 0.125. The van der Waals surface area contributed by atoms with Gasteiger partial charge in [-0.15, -0.1) is 12.4 Å². The van der Waals surface area contributed by atoms with Crippen LogP contribution in [0.1, 0.15) is 31.9 Å². The molecule has 0 aliphatic heterocycles. The van der Waals surface area contributed by atoms with Crippen LogP contribution in [0.25, 0.3) is 0 Å². The number of hydrogen-bond donors (Lipinski definition) is 2. The van der Waals surface area contributed by atoms with Gasteiger partial charge in [0.2, 0.25) is 0 Å². The molecular formula is C11H17ClN2O3. The fourth-order valence-corrected chi connectivity index (χ4v) is 1.54. The molecule has 0 spiro atoms. The van der Waals surface area contributed by atoms with E-state index < -0.39 is 11.0 Å². The van der Waals surface area contributed by atoms with Crippen LogP contribution in [-0.4, -0.2) is 10.0 Å². The summed E-state index contributed by atoms with van der Waals surface area (Å²) in [5.41, 5.74) is 6.29. The van der Waals surface area contributed by atoms with Gasteiger partial charge in [-0.2, -0.15) is 0 Å². The van der Waals surface area contributed by atoms with E-state index in [-0.39, 0.29) is 29.8 Å². The highest BCUT2D eigenvalue weighted by atomic mass is 35.5.